The summed E-state index contributed by atoms with van der Waals surface area (Å²) in [6.45, 7) is 6.26. The number of fused-ring (bicyclic) bond motifs is 1. The third kappa shape index (κ3) is 2.99. The van der Waals surface area contributed by atoms with Crippen molar-refractivity contribution in [1.29, 1.82) is 0 Å². The van der Waals surface area contributed by atoms with E-state index in [1.54, 1.807) is 16.2 Å². The predicted octanol–water partition coefficient (Wildman–Crippen LogP) is 4.27. The Hall–Kier alpha value is -2.40. The molecule has 0 aliphatic carbocycles. The maximum atomic E-state index is 12.9. The van der Waals surface area contributed by atoms with Crippen LogP contribution in [0.1, 0.15) is 29.9 Å². The number of hydrogen-bond acceptors (Lipinski definition) is 3. The molecule has 0 unspecified atom stereocenters. The first-order chi connectivity index (χ1) is 11.5. The van der Waals surface area contributed by atoms with E-state index in [-0.39, 0.29) is 18.2 Å². The van der Waals surface area contributed by atoms with Crippen LogP contribution in [-0.4, -0.2) is 22.8 Å². The number of carbonyl (C=O) groups excluding carboxylic acids is 2. The van der Waals surface area contributed by atoms with E-state index in [9.17, 15) is 9.59 Å². The Balaban J connectivity index is 1.95. The molecule has 4 nitrogen and oxygen atoms in total. The first-order valence-corrected chi connectivity index (χ1v) is 8.84. The minimum atomic E-state index is -0.0233. The molecule has 3 rings (SSSR count). The first kappa shape index (κ1) is 16.5. The van der Waals surface area contributed by atoms with Gasteiger partial charge in [0.25, 0.3) is 0 Å². The van der Waals surface area contributed by atoms with Crippen LogP contribution in [0, 0.1) is 6.92 Å². The molecule has 1 amide bonds. The van der Waals surface area contributed by atoms with Crippen LogP contribution in [-0.2, 0) is 11.3 Å². The lowest BCUT2D eigenvalue weighted by atomic mass is 10.2. The van der Waals surface area contributed by atoms with Crippen LogP contribution < -0.4 is 4.90 Å². The highest BCUT2D eigenvalue weighted by Crippen LogP contribution is 2.26. The van der Waals surface area contributed by atoms with Crippen molar-refractivity contribution in [3.8, 4) is 0 Å². The third-order valence-electron chi connectivity index (χ3n) is 4.11. The quantitative estimate of drug-likeness (QED) is 0.651. The Morgan fingerprint density at radius 2 is 2.00 bits per heavy atom. The van der Waals surface area contributed by atoms with Gasteiger partial charge in [0.15, 0.2) is 5.78 Å². The van der Waals surface area contributed by atoms with Gasteiger partial charge in [-0.2, -0.15) is 0 Å². The van der Waals surface area contributed by atoms with Crippen molar-refractivity contribution in [1.82, 2.24) is 4.57 Å². The predicted molar refractivity (Wildman–Crippen MR) is 99.0 cm³/mol. The summed E-state index contributed by atoms with van der Waals surface area (Å²) in [5.74, 6) is -0.0425. The molecule has 0 aliphatic rings. The second kappa shape index (κ2) is 6.61. The minimum absolute atomic E-state index is 0.0192. The number of Topliss-reactive ketones (excluding diaryl/α,β-unsaturated/α-hetero) is 1. The van der Waals surface area contributed by atoms with Gasteiger partial charge in [-0.1, -0.05) is 12.1 Å². The van der Waals surface area contributed by atoms with E-state index < -0.39 is 0 Å². The molecule has 0 N–H and O–H groups in total. The molecule has 0 aliphatic heterocycles. The number of benzene rings is 1. The van der Waals surface area contributed by atoms with Crippen LogP contribution in [0.5, 0.6) is 0 Å². The van der Waals surface area contributed by atoms with Crippen molar-refractivity contribution >= 4 is 38.9 Å². The topological polar surface area (TPSA) is 42.3 Å². The summed E-state index contributed by atoms with van der Waals surface area (Å²) in [4.78, 5) is 26.6. The van der Waals surface area contributed by atoms with Gasteiger partial charge >= 0.3 is 0 Å². The molecule has 0 bridgehead atoms. The van der Waals surface area contributed by atoms with E-state index >= 15 is 0 Å². The van der Waals surface area contributed by atoms with Crippen LogP contribution in [0.25, 0.3) is 10.2 Å². The van der Waals surface area contributed by atoms with Gasteiger partial charge in [0, 0.05) is 19.2 Å². The fourth-order valence-electron chi connectivity index (χ4n) is 2.96. The Labute approximate surface area is 145 Å². The SMILES string of the molecule is CCN(C(=O)Cn1c(C(C)=O)cc2sccc21)c1cccc(C)c1. The molecule has 0 saturated carbocycles. The van der Waals surface area contributed by atoms with Crippen LogP contribution in [0.15, 0.2) is 41.8 Å². The molecule has 24 heavy (non-hydrogen) atoms. The molecular formula is C19H20N2O2S. The van der Waals surface area contributed by atoms with Crippen LogP contribution >= 0.6 is 11.3 Å². The lowest BCUT2D eigenvalue weighted by Crippen LogP contribution is -2.34. The van der Waals surface area contributed by atoms with E-state index in [4.69, 9.17) is 0 Å². The number of anilines is 1. The third-order valence-corrected chi connectivity index (χ3v) is 4.96. The second-order valence-electron chi connectivity index (χ2n) is 5.82. The van der Waals surface area contributed by atoms with Gasteiger partial charge in [-0.25, -0.2) is 0 Å². The zero-order chi connectivity index (χ0) is 17.3. The normalized spacial score (nSPS) is 11.0. The second-order valence-corrected chi connectivity index (χ2v) is 6.77. The molecular weight excluding hydrogens is 320 g/mol. The maximum Gasteiger partial charge on any atom is 0.246 e. The summed E-state index contributed by atoms with van der Waals surface area (Å²) >= 11 is 1.58. The summed E-state index contributed by atoms with van der Waals surface area (Å²) < 4.78 is 2.86. The van der Waals surface area contributed by atoms with Gasteiger partial charge in [-0.3, -0.25) is 9.59 Å². The number of carbonyl (C=O) groups is 2. The first-order valence-electron chi connectivity index (χ1n) is 7.96. The zero-order valence-electron chi connectivity index (χ0n) is 14.1. The molecule has 2 aromatic heterocycles. The highest BCUT2D eigenvalue weighted by molar-refractivity contribution is 7.17. The van der Waals surface area contributed by atoms with Crippen molar-refractivity contribution in [3.05, 3.63) is 53.0 Å². The standard InChI is InChI=1S/C19H20N2O2S/c1-4-20(15-7-5-6-13(2)10-15)19(23)12-21-16-8-9-24-18(16)11-17(21)14(3)22/h5-11H,4,12H2,1-3H3. The van der Waals surface area contributed by atoms with Crippen molar-refractivity contribution in [3.63, 3.8) is 0 Å². The maximum absolute atomic E-state index is 12.9. The highest BCUT2D eigenvalue weighted by atomic mass is 32.1. The van der Waals surface area contributed by atoms with Crippen LogP contribution in [0.3, 0.4) is 0 Å². The molecule has 0 radical (unpaired) electrons. The Kier molecular flexibility index (Phi) is 4.53. The molecule has 3 aromatic rings. The van der Waals surface area contributed by atoms with E-state index in [1.165, 1.54) is 6.92 Å². The number of ketones is 1. The Bertz CT molecular complexity index is 907. The number of aryl methyl sites for hydroxylation is 1. The van der Waals surface area contributed by atoms with Gasteiger partial charge < -0.3 is 9.47 Å². The Morgan fingerprint density at radius 3 is 2.67 bits per heavy atom. The monoisotopic (exact) mass is 340 g/mol. The van der Waals surface area contributed by atoms with Gasteiger partial charge in [0.05, 0.1) is 15.9 Å². The molecule has 0 saturated heterocycles. The fraction of sp³-hybridized carbons (Fsp3) is 0.263. The van der Waals surface area contributed by atoms with E-state index in [1.807, 2.05) is 60.2 Å². The summed E-state index contributed by atoms with van der Waals surface area (Å²) in [7, 11) is 0. The average Bonchev–Trinajstić information content (AvgIpc) is 3.11. The van der Waals surface area contributed by atoms with E-state index in [0.29, 0.717) is 12.2 Å². The fourth-order valence-corrected chi connectivity index (χ4v) is 3.78. The molecule has 0 atom stereocenters. The van der Waals surface area contributed by atoms with Crippen molar-refractivity contribution in [2.75, 3.05) is 11.4 Å². The van der Waals surface area contributed by atoms with Crippen molar-refractivity contribution in [2.45, 2.75) is 27.3 Å². The largest absolute Gasteiger partial charge is 0.328 e. The number of amides is 1. The van der Waals surface area contributed by atoms with Gasteiger partial charge in [0.1, 0.15) is 6.54 Å². The van der Waals surface area contributed by atoms with Crippen LogP contribution in [0.4, 0.5) is 5.69 Å². The summed E-state index contributed by atoms with van der Waals surface area (Å²) in [5.41, 5.74) is 3.54. The molecule has 5 heteroatoms. The van der Waals surface area contributed by atoms with Gasteiger partial charge in [-0.15, -0.1) is 11.3 Å². The number of rotatable bonds is 5. The number of likely N-dealkylation sites (N-methyl/N-ethyl adjacent to an activating group) is 1. The Morgan fingerprint density at radius 1 is 1.21 bits per heavy atom. The summed E-state index contributed by atoms with van der Waals surface area (Å²) in [5, 5.41) is 1.98. The minimum Gasteiger partial charge on any atom is -0.328 e. The lowest BCUT2D eigenvalue weighted by Gasteiger charge is -2.22. The molecule has 0 spiro atoms. The number of nitrogens with zero attached hydrogens (tertiary/aromatic N) is 2. The van der Waals surface area contributed by atoms with Crippen LogP contribution in [0.2, 0.25) is 0 Å². The van der Waals surface area contributed by atoms with Crippen molar-refractivity contribution in [2.24, 2.45) is 0 Å². The van der Waals surface area contributed by atoms with E-state index in [0.717, 1.165) is 21.5 Å². The summed E-state index contributed by atoms with van der Waals surface area (Å²) in [6.07, 6.45) is 0. The lowest BCUT2D eigenvalue weighted by molar-refractivity contribution is -0.119. The number of aromatic nitrogens is 1. The van der Waals surface area contributed by atoms with Crippen molar-refractivity contribution < 1.29 is 9.59 Å². The number of thiophene rings is 1. The zero-order valence-corrected chi connectivity index (χ0v) is 14.9. The average molecular weight is 340 g/mol. The molecule has 2 heterocycles. The molecule has 1 aromatic carbocycles. The number of hydrogen-bond donors (Lipinski definition) is 0. The smallest absolute Gasteiger partial charge is 0.246 e. The van der Waals surface area contributed by atoms with Gasteiger partial charge in [-0.05, 0) is 49.1 Å². The molecule has 0 fully saturated rings. The highest BCUT2D eigenvalue weighted by Gasteiger charge is 2.19. The van der Waals surface area contributed by atoms with Gasteiger partial charge in [0.2, 0.25) is 5.91 Å². The summed E-state index contributed by atoms with van der Waals surface area (Å²) in [6, 6.07) is 11.7. The van der Waals surface area contributed by atoms with E-state index in [2.05, 4.69) is 0 Å². The molecule has 124 valence electrons.